The van der Waals surface area contributed by atoms with Crippen molar-refractivity contribution in [3.05, 3.63) is 76.8 Å². The molecule has 24 heavy (non-hydrogen) atoms. The van der Waals surface area contributed by atoms with Crippen LogP contribution < -0.4 is 4.74 Å². The van der Waals surface area contributed by atoms with Gasteiger partial charge in [-0.2, -0.15) is 0 Å². The Morgan fingerprint density at radius 1 is 0.833 bits per heavy atom. The summed E-state index contributed by atoms with van der Waals surface area (Å²) in [4.78, 5) is 0. The highest BCUT2D eigenvalue weighted by Gasteiger charge is 2.15. The fourth-order valence-electron chi connectivity index (χ4n) is 2.71. The Labute approximate surface area is 151 Å². The minimum absolute atomic E-state index is 0.209. The molecule has 3 heteroatoms. The number of hydrogen-bond acceptors (Lipinski definition) is 2. The minimum Gasteiger partial charge on any atom is -0.466 e. The van der Waals surface area contributed by atoms with Crippen LogP contribution in [0.25, 0.3) is 22.3 Å². The Morgan fingerprint density at radius 3 is 2.33 bits per heavy atom. The third-order valence-electron chi connectivity index (χ3n) is 3.83. The van der Waals surface area contributed by atoms with Crippen LogP contribution in [0.5, 0.6) is 5.75 Å². The Balaban J connectivity index is 2.20. The standard InChI is InChI=1S/C21H19BrO2/c1-15-11-12-20(22)19(13-15)18-10-6-9-17(21(18)24-14-23-2)16-7-4-3-5-8-16/h3-13H,14H2,1-2H3. The van der Waals surface area contributed by atoms with E-state index in [1.807, 2.05) is 18.2 Å². The molecule has 3 aromatic rings. The van der Waals surface area contributed by atoms with Crippen molar-refractivity contribution in [2.24, 2.45) is 0 Å². The van der Waals surface area contributed by atoms with Crippen molar-refractivity contribution in [1.82, 2.24) is 0 Å². The lowest BCUT2D eigenvalue weighted by Crippen LogP contribution is -2.02. The average Bonchev–Trinajstić information content (AvgIpc) is 2.62. The summed E-state index contributed by atoms with van der Waals surface area (Å²) >= 11 is 3.66. The lowest BCUT2D eigenvalue weighted by atomic mass is 9.96. The van der Waals surface area contributed by atoms with E-state index in [1.54, 1.807) is 7.11 Å². The van der Waals surface area contributed by atoms with Crippen molar-refractivity contribution in [3.63, 3.8) is 0 Å². The molecule has 0 saturated carbocycles. The molecule has 3 aromatic carbocycles. The molecular weight excluding hydrogens is 364 g/mol. The molecule has 0 aromatic heterocycles. The van der Waals surface area contributed by atoms with Crippen LogP contribution >= 0.6 is 15.9 Å². The van der Waals surface area contributed by atoms with Gasteiger partial charge in [0.2, 0.25) is 0 Å². The predicted molar refractivity (Wildman–Crippen MR) is 102 cm³/mol. The first-order chi connectivity index (χ1) is 11.7. The van der Waals surface area contributed by atoms with Crippen LogP contribution in [0.15, 0.2) is 71.2 Å². The molecule has 3 rings (SSSR count). The molecule has 0 unspecified atom stereocenters. The van der Waals surface area contributed by atoms with Gasteiger partial charge in [-0.1, -0.05) is 82.2 Å². The largest absolute Gasteiger partial charge is 0.466 e. The van der Waals surface area contributed by atoms with Gasteiger partial charge in [0, 0.05) is 22.7 Å². The van der Waals surface area contributed by atoms with Crippen LogP contribution in [0.4, 0.5) is 0 Å². The van der Waals surface area contributed by atoms with E-state index in [0.29, 0.717) is 0 Å². The molecule has 0 aliphatic carbocycles. The highest BCUT2D eigenvalue weighted by Crippen LogP contribution is 2.41. The lowest BCUT2D eigenvalue weighted by molar-refractivity contribution is 0.0519. The third kappa shape index (κ3) is 3.53. The summed E-state index contributed by atoms with van der Waals surface area (Å²) < 4.78 is 12.2. The second-order valence-electron chi connectivity index (χ2n) is 5.58. The zero-order valence-electron chi connectivity index (χ0n) is 13.8. The Morgan fingerprint density at radius 2 is 1.58 bits per heavy atom. The summed E-state index contributed by atoms with van der Waals surface area (Å²) in [6.07, 6.45) is 0. The van der Waals surface area contributed by atoms with Crippen molar-refractivity contribution < 1.29 is 9.47 Å². The molecule has 0 saturated heterocycles. The number of hydrogen-bond donors (Lipinski definition) is 0. The summed E-state index contributed by atoms with van der Waals surface area (Å²) in [6, 6.07) is 22.8. The van der Waals surface area contributed by atoms with Crippen molar-refractivity contribution in [2.45, 2.75) is 6.92 Å². The summed E-state index contributed by atoms with van der Waals surface area (Å²) in [6.45, 7) is 2.30. The second-order valence-corrected chi connectivity index (χ2v) is 6.44. The maximum Gasteiger partial charge on any atom is 0.188 e. The smallest absolute Gasteiger partial charge is 0.188 e. The molecule has 0 bridgehead atoms. The predicted octanol–water partition coefficient (Wildman–Crippen LogP) is 6.07. The fraction of sp³-hybridized carbons (Fsp3) is 0.143. The van der Waals surface area contributed by atoms with Gasteiger partial charge in [0.15, 0.2) is 6.79 Å². The molecule has 0 atom stereocenters. The van der Waals surface area contributed by atoms with Crippen molar-refractivity contribution in [1.29, 1.82) is 0 Å². The van der Waals surface area contributed by atoms with Gasteiger partial charge < -0.3 is 9.47 Å². The zero-order chi connectivity index (χ0) is 16.9. The first-order valence-electron chi connectivity index (χ1n) is 7.77. The number of methoxy groups -OCH3 is 1. The van der Waals surface area contributed by atoms with Gasteiger partial charge in [0.25, 0.3) is 0 Å². The summed E-state index contributed by atoms with van der Waals surface area (Å²) in [5, 5.41) is 0. The van der Waals surface area contributed by atoms with Gasteiger partial charge in [-0.15, -0.1) is 0 Å². The van der Waals surface area contributed by atoms with Crippen LogP contribution in [-0.4, -0.2) is 13.9 Å². The molecule has 0 aliphatic heterocycles. The van der Waals surface area contributed by atoms with Gasteiger partial charge in [0.1, 0.15) is 5.75 Å². The molecule has 122 valence electrons. The van der Waals surface area contributed by atoms with E-state index in [0.717, 1.165) is 32.5 Å². The molecule has 0 N–H and O–H groups in total. The number of ether oxygens (including phenoxy) is 2. The molecule has 0 radical (unpaired) electrons. The van der Waals surface area contributed by atoms with Gasteiger partial charge in [-0.05, 0) is 24.1 Å². The Hall–Kier alpha value is -2.10. The highest BCUT2D eigenvalue weighted by atomic mass is 79.9. The quantitative estimate of drug-likeness (QED) is 0.498. The number of para-hydroxylation sites is 1. The first-order valence-corrected chi connectivity index (χ1v) is 8.56. The maximum atomic E-state index is 5.98. The average molecular weight is 383 g/mol. The van der Waals surface area contributed by atoms with Crippen LogP contribution in [0, 0.1) is 6.92 Å². The zero-order valence-corrected chi connectivity index (χ0v) is 15.3. The van der Waals surface area contributed by atoms with E-state index < -0.39 is 0 Å². The van der Waals surface area contributed by atoms with Crippen molar-refractivity contribution in [3.8, 4) is 28.0 Å². The Bertz CT molecular complexity index is 828. The molecule has 0 fully saturated rings. The summed E-state index contributed by atoms with van der Waals surface area (Å²) in [7, 11) is 1.63. The van der Waals surface area contributed by atoms with Crippen LogP contribution in [0.1, 0.15) is 5.56 Å². The second kappa shape index (κ2) is 7.65. The summed E-state index contributed by atoms with van der Waals surface area (Å²) in [5.41, 5.74) is 5.53. The number of aryl methyl sites for hydroxylation is 1. The van der Waals surface area contributed by atoms with Gasteiger partial charge >= 0.3 is 0 Å². The molecule has 0 aliphatic rings. The van der Waals surface area contributed by atoms with E-state index in [2.05, 4.69) is 71.4 Å². The van der Waals surface area contributed by atoms with E-state index in [4.69, 9.17) is 9.47 Å². The molecular formula is C21H19BrO2. The first kappa shape index (κ1) is 16.7. The van der Waals surface area contributed by atoms with E-state index in [-0.39, 0.29) is 6.79 Å². The normalized spacial score (nSPS) is 10.6. The van der Waals surface area contributed by atoms with Crippen molar-refractivity contribution in [2.75, 3.05) is 13.9 Å². The van der Waals surface area contributed by atoms with Crippen LogP contribution in [0.2, 0.25) is 0 Å². The molecule has 0 amide bonds. The fourth-order valence-corrected chi connectivity index (χ4v) is 3.17. The summed E-state index contributed by atoms with van der Waals surface area (Å²) in [5.74, 6) is 0.830. The minimum atomic E-state index is 0.209. The molecule has 2 nitrogen and oxygen atoms in total. The number of rotatable bonds is 5. The maximum absolute atomic E-state index is 5.98. The van der Waals surface area contributed by atoms with E-state index in [1.165, 1.54) is 5.56 Å². The van der Waals surface area contributed by atoms with Gasteiger partial charge in [0.05, 0.1) is 0 Å². The van der Waals surface area contributed by atoms with E-state index in [9.17, 15) is 0 Å². The van der Waals surface area contributed by atoms with E-state index >= 15 is 0 Å². The Kier molecular flexibility index (Phi) is 5.34. The number of halogens is 1. The van der Waals surface area contributed by atoms with Crippen molar-refractivity contribution >= 4 is 15.9 Å². The lowest BCUT2D eigenvalue weighted by Gasteiger charge is -2.17. The van der Waals surface area contributed by atoms with Gasteiger partial charge in [-0.25, -0.2) is 0 Å². The SMILES string of the molecule is COCOc1c(-c2ccccc2)cccc1-c1cc(C)ccc1Br. The van der Waals surface area contributed by atoms with Crippen LogP contribution in [0.3, 0.4) is 0 Å². The van der Waals surface area contributed by atoms with Gasteiger partial charge in [-0.3, -0.25) is 0 Å². The molecule has 0 spiro atoms. The topological polar surface area (TPSA) is 18.5 Å². The van der Waals surface area contributed by atoms with Crippen LogP contribution in [-0.2, 0) is 4.74 Å². The number of benzene rings is 3. The highest BCUT2D eigenvalue weighted by molar-refractivity contribution is 9.10. The molecule has 0 heterocycles. The third-order valence-corrected chi connectivity index (χ3v) is 4.52. The monoisotopic (exact) mass is 382 g/mol.